The number of benzene rings is 1. The number of furan rings is 1. The molecule has 118 valence electrons. The van der Waals surface area contributed by atoms with E-state index in [0.29, 0.717) is 28.9 Å². The van der Waals surface area contributed by atoms with Gasteiger partial charge in [-0.25, -0.2) is 0 Å². The zero-order valence-corrected chi connectivity index (χ0v) is 13.9. The average molecular weight is 342 g/mol. The number of rotatable bonds is 6. The van der Waals surface area contributed by atoms with E-state index in [0.717, 1.165) is 11.3 Å². The monoisotopic (exact) mass is 341 g/mol. The van der Waals surface area contributed by atoms with Gasteiger partial charge in [0.15, 0.2) is 0 Å². The Morgan fingerprint density at radius 2 is 2.00 bits per heavy atom. The standard InChI is InChI=1S/C16H17Cl2NO3/c1-10(16(20)21)8-19(2)9-12-4-6-15(22-12)11-3-5-13(17)14(18)7-11/h3-7,10H,8-9H2,1-2H3,(H,20,21). The fourth-order valence-electron chi connectivity index (χ4n) is 2.14. The molecule has 1 heterocycles. The van der Waals surface area contributed by atoms with Gasteiger partial charge in [0.1, 0.15) is 11.5 Å². The second kappa shape index (κ2) is 7.18. The Balaban J connectivity index is 2.05. The largest absolute Gasteiger partial charge is 0.481 e. The van der Waals surface area contributed by atoms with Crippen LogP contribution in [0.5, 0.6) is 0 Å². The maximum atomic E-state index is 10.9. The first-order valence-electron chi connectivity index (χ1n) is 6.82. The van der Waals surface area contributed by atoms with Gasteiger partial charge in [-0.05, 0) is 37.4 Å². The molecule has 22 heavy (non-hydrogen) atoms. The number of hydrogen-bond acceptors (Lipinski definition) is 3. The second-order valence-corrected chi connectivity index (χ2v) is 6.15. The van der Waals surface area contributed by atoms with Crippen LogP contribution in [0.25, 0.3) is 11.3 Å². The molecule has 0 amide bonds. The minimum Gasteiger partial charge on any atom is -0.481 e. The lowest BCUT2D eigenvalue weighted by molar-refractivity contribution is -0.141. The van der Waals surface area contributed by atoms with Gasteiger partial charge in [-0.15, -0.1) is 0 Å². The molecule has 4 nitrogen and oxygen atoms in total. The predicted molar refractivity (Wildman–Crippen MR) is 87.3 cm³/mol. The molecule has 2 aromatic rings. The summed E-state index contributed by atoms with van der Waals surface area (Å²) >= 11 is 11.9. The van der Waals surface area contributed by atoms with Crippen molar-refractivity contribution in [3.05, 3.63) is 46.1 Å². The Labute approximate surface area is 139 Å². The normalized spacial score (nSPS) is 12.6. The fraction of sp³-hybridized carbons (Fsp3) is 0.312. The minimum absolute atomic E-state index is 0.422. The van der Waals surface area contributed by atoms with Crippen LogP contribution in [-0.4, -0.2) is 29.6 Å². The third-order valence-corrected chi connectivity index (χ3v) is 4.04. The number of aliphatic carboxylic acids is 1. The summed E-state index contributed by atoms with van der Waals surface area (Å²) in [6, 6.07) is 9.06. The van der Waals surface area contributed by atoms with Gasteiger partial charge in [0.05, 0.1) is 22.5 Å². The number of carboxylic acid groups (broad SMARTS) is 1. The molecule has 0 saturated carbocycles. The average Bonchev–Trinajstić information content (AvgIpc) is 2.90. The van der Waals surface area contributed by atoms with E-state index in [-0.39, 0.29) is 0 Å². The molecule has 0 spiro atoms. The van der Waals surface area contributed by atoms with Crippen molar-refractivity contribution in [1.82, 2.24) is 4.90 Å². The van der Waals surface area contributed by atoms with Gasteiger partial charge in [0.2, 0.25) is 0 Å². The van der Waals surface area contributed by atoms with Crippen LogP contribution in [0, 0.1) is 5.92 Å². The van der Waals surface area contributed by atoms with Crippen molar-refractivity contribution in [2.75, 3.05) is 13.6 Å². The van der Waals surface area contributed by atoms with Crippen LogP contribution in [0.3, 0.4) is 0 Å². The number of carbonyl (C=O) groups is 1. The van der Waals surface area contributed by atoms with Gasteiger partial charge >= 0.3 is 5.97 Å². The third-order valence-electron chi connectivity index (χ3n) is 3.30. The van der Waals surface area contributed by atoms with Crippen molar-refractivity contribution in [2.24, 2.45) is 5.92 Å². The fourth-order valence-corrected chi connectivity index (χ4v) is 2.44. The molecule has 1 aromatic carbocycles. The van der Waals surface area contributed by atoms with Crippen LogP contribution in [0.4, 0.5) is 0 Å². The highest BCUT2D eigenvalue weighted by atomic mass is 35.5. The third kappa shape index (κ3) is 4.26. The molecule has 0 bridgehead atoms. The SMILES string of the molecule is CC(CN(C)Cc1ccc(-c2ccc(Cl)c(Cl)c2)o1)C(=O)O. The quantitative estimate of drug-likeness (QED) is 0.845. The highest BCUT2D eigenvalue weighted by molar-refractivity contribution is 6.42. The zero-order valence-electron chi connectivity index (χ0n) is 12.3. The molecule has 6 heteroatoms. The van der Waals surface area contributed by atoms with Crippen LogP contribution in [0.2, 0.25) is 10.0 Å². The molecule has 0 aliphatic rings. The summed E-state index contributed by atoms with van der Waals surface area (Å²) in [6.07, 6.45) is 0. The lowest BCUT2D eigenvalue weighted by Crippen LogP contribution is -2.28. The molecule has 1 N–H and O–H groups in total. The van der Waals surface area contributed by atoms with Gasteiger partial charge in [0.25, 0.3) is 0 Å². The molecule has 2 rings (SSSR count). The summed E-state index contributed by atoms with van der Waals surface area (Å²) in [5.74, 6) is 0.242. The number of halogens is 2. The Morgan fingerprint density at radius 1 is 1.27 bits per heavy atom. The van der Waals surface area contributed by atoms with E-state index < -0.39 is 11.9 Å². The van der Waals surface area contributed by atoms with Crippen molar-refractivity contribution in [2.45, 2.75) is 13.5 Å². The van der Waals surface area contributed by atoms with Gasteiger partial charge in [-0.3, -0.25) is 9.69 Å². The first kappa shape index (κ1) is 16.9. The Bertz CT molecular complexity index is 669. The van der Waals surface area contributed by atoms with E-state index >= 15 is 0 Å². The van der Waals surface area contributed by atoms with Crippen molar-refractivity contribution >= 4 is 29.2 Å². The topological polar surface area (TPSA) is 53.7 Å². The molecule has 1 unspecified atom stereocenters. The number of nitrogens with zero attached hydrogens (tertiary/aromatic N) is 1. The Morgan fingerprint density at radius 3 is 2.64 bits per heavy atom. The minimum atomic E-state index is -0.803. The molecular formula is C16H17Cl2NO3. The highest BCUT2D eigenvalue weighted by Crippen LogP contribution is 2.29. The van der Waals surface area contributed by atoms with Crippen LogP contribution in [-0.2, 0) is 11.3 Å². The number of carboxylic acids is 1. The highest BCUT2D eigenvalue weighted by Gasteiger charge is 2.15. The molecular weight excluding hydrogens is 325 g/mol. The maximum Gasteiger partial charge on any atom is 0.307 e. The summed E-state index contributed by atoms with van der Waals surface area (Å²) in [5.41, 5.74) is 0.849. The molecule has 0 aliphatic carbocycles. The summed E-state index contributed by atoms with van der Waals surface area (Å²) < 4.78 is 5.79. The lowest BCUT2D eigenvalue weighted by atomic mass is 10.2. The Kier molecular flexibility index (Phi) is 5.51. The van der Waals surface area contributed by atoms with Crippen molar-refractivity contribution in [3.8, 4) is 11.3 Å². The second-order valence-electron chi connectivity index (χ2n) is 5.33. The first-order valence-corrected chi connectivity index (χ1v) is 7.58. The van der Waals surface area contributed by atoms with Gasteiger partial charge in [-0.2, -0.15) is 0 Å². The van der Waals surface area contributed by atoms with Crippen LogP contribution >= 0.6 is 23.2 Å². The molecule has 1 atom stereocenters. The summed E-state index contributed by atoms with van der Waals surface area (Å²) in [6.45, 7) is 2.68. The van der Waals surface area contributed by atoms with Crippen LogP contribution in [0.15, 0.2) is 34.7 Å². The van der Waals surface area contributed by atoms with Gasteiger partial charge < -0.3 is 9.52 Å². The smallest absolute Gasteiger partial charge is 0.307 e. The van der Waals surface area contributed by atoms with E-state index in [1.807, 2.05) is 30.1 Å². The number of hydrogen-bond donors (Lipinski definition) is 1. The molecule has 0 aliphatic heterocycles. The molecule has 0 fully saturated rings. The van der Waals surface area contributed by atoms with E-state index in [1.165, 1.54) is 0 Å². The van der Waals surface area contributed by atoms with E-state index in [2.05, 4.69) is 0 Å². The Hall–Kier alpha value is -1.49. The summed E-state index contributed by atoms with van der Waals surface area (Å²) in [4.78, 5) is 12.8. The van der Waals surface area contributed by atoms with E-state index in [9.17, 15) is 4.79 Å². The van der Waals surface area contributed by atoms with Gasteiger partial charge in [-0.1, -0.05) is 30.1 Å². The molecule has 0 saturated heterocycles. The maximum absolute atomic E-state index is 10.9. The van der Waals surface area contributed by atoms with E-state index in [4.69, 9.17) is 32.7 Å². The predicted octanol–water partition coefficient (Wildman–Crippen LogP) is 4.41. The summed E-state index contributed by atoms with van der Waals surface area (Å²) in [7, 11) is 1.86. The van der Waals surface area contributed by atoms with Gasteiger partial charge in [0, 0.05) is 12.1 Å². The molecule has 1 aromatic heterocycles. The van der Waals surface area contributed by atoms with E-state index in [1.54, 1.807) is 19.1 Å². The van der Waals surface area contributed by atoms with Crippen molar-refractivity contribution < 1.29 is 14.3 Å². The van der Waals surface area contributed by atoms with Crippen molar-refractivity contribution in [1.29, 1.82) is 0 Å². The first-order chi connectivity index (χ1) is 10.4. The van der Waals surface area contributed by atoms with Crippen LogP contribution < -0.4 is 0 Å². The lowest BCUT2D eigenvalue weighted by Gasteiger charge is -2.17. The van der Waals surface area contributed by atoms with Crippen LogP contribution in [0.1, 0.15) is 12.7 Å². The zero-order chi connectivity index (χ0) is 16.3. The summed E-state index contributed by atoms with van der Waals surface area (Å²) in [5, 5.41) is 9.90. The van der Waals surface area contributed by atoms with Crippen molar-refractivity contribution in [3.63, 3.8) is 0 Å². The molecule has 0 radical (unpaired) electrons.